The number of H-pyrrole nitrogens is 1. The van der Waals surface area contributed by atoms with E-state index >= 15 is 0 Å². The summed E-state index contributed by atoms with van der Waals surface area (Å²) in [4.78, 5) is 20.2. The van der Waals surface area contributed by atoms with Crippen LogP contribution in [-0.4, -0.2) is 47.6 Å². The predicted octanol–water partition coefficient (Wildman–Crippen LogP) is 2.64. The van der Waals surface area contributed by atoms with Gasteiger partial charge in [0.05, 0.1) is 36.2 Å². The number of piperidine rings is 1. The number of hydrogen-bond donors (Lipinski definition) is 2. The molecule has 1 fully saturated rings. The van der Waals surface area contributed by atoms with Gasteiger partial charge in [-0.25, -0.2) is 19.9 Å². The first-order valence-corrected chi connectivity index (χ1v) is 9.04. The van der Waals surface area contributed by atoms with Gasteiger partial charge in [0.2, 0.25) is 5.95 Å². The van der Waals surface area contributed by atoms with Crippen LogP contribution in [0.5, 0.6) is 0 Å². The Kier molecular flexibility index (Phi) is 3.89. The van der Waals surface area contributed by atoms with Crippen LogP contribution >= 0.6 is 0 Å². The minimum Gasteiger partial charge on any atom is -0.341 e. The summed E-state index contributed by atoms with van der Waals surface area (Å²) in [7, 11) is 0. The maximum atomic E-state index is 4.54. The molecular weight excluding hydrogens is 342 g/mol. The number of imidazole rings is 1. The lowest BCUT2D eigenvalue weighted by Gasteiger charge is -2.26. The fourth-order valence-corrected chi connectivity index (χ4v) is 3.39. The molecule has 0 spiro atoms. The molecule has 2 N–H and O–H groups in total. The average Bonchev–Trinajstić information content (AvgIpc) is 3.42. The summed E-state index contributed by atoms with van der Waals surface area (Å²) in [5, 5.41) is 10.1. The molecule has 27 heavy (non-hydrogen) atoms. The van der Waals surface area contributed by atoms with Crippen molar-refractivity contribution in [3.05, 3.63) is 43.4 Å². The van der Waals surface area contributed by atoms with E-state index in [0.717, 1.165) is 41.6 Å². The van der Waals surface area contributed by atoms with E-state index in [1.165, 1.54) is 19.3 Å². The molecule has 1 aliphatic rings. The van der Waals surface area contributed by atoms with Crippen molar-refractivity contribution in [1.82, 2.24) is 34.5 Å². The van der Waals surface area contributed by atoms with Crippen LogP contribution in [0, 0.1) is 0 Å². The molecule has 0 amide bonds. The van der Waals surface area contributed by atoms with E-state index in [1.807, 2.05) is 16.8 Å². The second-order valence-electron chi connectivity index (χ2n) is 6.54. The minimum absolute atomic E-state index is 0.654. The van der Waals surface area contributed by atoms with Gasteiger partial charge in [0.15, 0.2) is 11.5 Å². The summed E-state index contributed by atoms with van der Waals surface area (Å²) in [6.45, 7) is 2.05. The summed E-state index contributed by atoms with van der Waals surface area (Å²) in [5.41, 5.74) is 3.38. The Morgan fingerprint density at radius 3 is 2.56 bits per heavy atom. The number of anilines is 3. The molecule has 0 saturated carbocycles. The van der Waals surface area contributed by atoms with E-state index < -0.39 is 0 Å². The highest BCUT2D eigenvalue weighted by molar-refractivity contribution is 5.73. The van der Waals surface area contributed by atoms with Gasteiger partial charge >= 0.3 is 0 Å². The highest BCUT2D eigenvalue weighted by Gasteiger charge is 2.14. The summed E-state index contributed by atoms with van der Waals surface area (Å²) >= 11 is 0. The van der Waals surface area contributed by atoms with Crippen LogP contribution in [0.15, 0.2) is 43.4 Å². The zero-order chi connectivity index (χ0) is 18.1. The molecule has 0 unspecified atom stereocenters. The van der Waals surface area contributed by atoms with Gasteiger partial charge in [0, 0.05) is 37.2 Å². The van der Waals surface area contributed by atoms with E-state index in [1.54, 1.807) is 31.0 Å². The molecule has 9 heteroatoms. The van der Waals surface area contributed by atoms with Crippen LogP contribution in [0.25, 0.3) is 16.9 Å². The molecule has 0 aromatic carbocycles. The monoisotopic (exact) mass is 361 g/mol. The molecule has 0 aliphatic carbocycles. The van der Waals surface area contributed by atoms with Crippen molar-refractivity contribution in [1.29, 1.82) is 0 Å². The summed E-state index contributed by atoms with van der Waals surface area (Å²) in [6, 6.07) is 0. The molecule has 5 heterocycles. The van der Waals surface area contributed by atoms with Gasteiger partial charge in [-0.3, -0.25) is 9.50 Å². The average molecular weight is 361 g/mol. The maximum absolute atomic E-state index is 4.54. The first-order chi connectivity index (χ1) is 13.4. The largest absolute Gasteiger partial charge is 0.341 e. The van der Waals surface area contributed by atoms with E-state index in [2.05, 4.69) is 40.3 Å². The number of hydrogen-bond acceptors (Lipinski definition) is 7. The van der Waals surface area contributed by atoms with Gasteiger partial charge in [0.25, 0.3) is 0 Å². The number of nitrogens with zero attached hydrogens (tertiary/aromatic N) is 7. The van der Waals surface area contributed by atoms with Crippen molar-refractivity contribution in [3.63, 3.8) is 0 Å². The highest BCUT2D eigenvalue weighted by atomic mass is 15.3. The van der Waals surface area contributed by atoms with Crippen molar-refractivity contribution < 1.29 is 0 Å². The summed E-state index contributed by atoms with van der Waals surface area (Å²) in [6.07, 6.45) is 16.3. The topological polar surface area (TPSA) is 99.9 Å². The van der Waals surface area contributed by atoms with Crippen molar-refractivity contribution in [2.75, 3.05) is 23.3 Å². The smallest absolute Gasteiger partial charge is 0.225 e. The van der Waals surface area contributed by atoms with Gasteiger partial charge in [-0.05, 0) is 19.3 Å². The number of fused-ring (bicyclic) bond motifs is 1. The normalized spacial score (nSPS) is 14.6. The number of aromatic amines is 1. The zero-order valence-corrected chi connectivity index (χ0v) is 14.7. The molecule has 4 aromatic heterocycles. The third-order valence-electron chi connectivity index (χ3n) is 4.76. The molecule has 5 rings (SSSR count). The fourth-order valence-electron chi connectivity index (χ4n) is 3.39. The Morgan fingerprint density at radius 1 is 0.926 bits per heavy atom. The number of aromatic nitrogens is 7. The molecule has 0 bridgehead atoms. The Bertz CT molecular complexity index is 1030. The third-order valence-corrected chi connectivity index (χ3v) is 4.76. The SMILES string of the molecule is c1cn2c(-c3cn[nH]c3)cnc(Nc3cnc(N4CCCCC4)nc3)c2n1. The molecule has 1 aliphatic heterocycles. The lowest BCUT2D eigenvalue weighted by Crippen LogP contribution is -2.30. The molecule has 9 nitrogen and oxygen atoms in total. The maximum Gasteiger partial charge on any atom is 0.225 e. The molecule has 1 saturated heterocycles. The van der Waals surface area contributed by atoms with E-state index in [4.69, 9.17) is 0 Å². The Labute approximate surface area is 155 Å². The second kappa shape index (κ2) is 6.67. The van der Waals surface area contributed by atoms with Crippen LogP contribution in [0.4, 0.5) is 17.5 Å². The standard InChI is InChI=1S/C18H19N9/c1-2-5-26(6-3-1)18-21-10-14(11-22-18)25-16-17-19-4-7-27(17)15(12-20-16)13-8-23-24-9-13/h4,7-12H,1-3,5-6H2,(H,20,25)(H,23,24). The van der Waals surface area contributed by atoms with Gasteiger partial charge in [-0.15, -0.1) is 0 Å². The fraction of sp³-hybridized carbons (Fsp3) is 0.278. The Morgan fingerprint density at radius 2 is 1.78 bits per heavy atom. The summed E-state index contributed by atoms with van der Waals surface area (Å²) in [5.74, 6) is 1.44. The predicted molar refractivity (Wildman–Crippen MR) is 102 cm³/mol. The van der Waals surface area contributed by atoms with Crippen molar-refractivity contribution in [2.24, 2.45) is 0 Å². The van der Waals surface area contributed by atoms with Crippen LogP contribution in [0.3, 0.4) is 0 Å². The molecule has 0 atom stereocenters. The molecule has 4 aromatic rings. The van der Waals surface area contributed by atoms with Crippen LogP contribution in [0.1, 0.15) is 19.3 Å². The van der Waals surface area contributed by atoms with Crippen LogP contribution < -0.4 is 10.2 Å². The number of nitrogens with one attached hydrogen (secondary N) is 2. The quantitative estimate of drug-likeness (QED) is 0.576. The minimum atomic E-state index is 0.654. The first-order valence-electron chi connectivity index (χ1n) is 9.04. The molecule has 0 radical (unpaired) electrons. The molecular formula is C18H19N9. The van der Waals surface area contributed by atoms with Crippen molar-refractivity contribution >= 4 is 23.1 Å². The molecule has 136 valence electrons. The third kappa shape index (κ3) is 2.97. The summed E-state index contributed by atoms with van der Waals surface area (Å²) < 4.78 is 1.98. The second-order valence-corrected chi connectivity index (χ2v) is 6.54. The van der Waals surface area contributed by atoms with Crippen molar-refractivity contribution in [3.8, 4) is 11.3 Å². The Hall–Kier alpha value is -3.49. The lowest BCUT2D eigenvalue weighted by molar-refractivity contribution is 0.568. The van der Waals surface area contributed by atoms with E-state index in [9.17, 15) is 0 Å². The number of rotatable bonds is 4. The lowest BCUT2D eigenvalue weighted by atomic mass is 10.1. The van der Waals surface area contributed by atoms with Crippen LogP contribution in [0.2, 0.25) is 0 Å². The van der Waals surface area contributed by atoms with Gasteiger partial charge in [-0.1, -0.05) is 0 Å². The Balaban J connectivity index is 1.42. The first kappa shape index (κ1) is 15.7. The van der Waals surface area contributed by atoms with Gasteiger partial charge in [-0.2, -0.15) is 5.10 Å². The van der Waals surface area contributed by atoms with Crippen molar-refractivity contribution in [2.45, 2.75) is 19.3 Å². The highest BCUT2D eigenvalue weighted by Crippen LogP contribution is 2.24. The van der Waals surface area contributed by atoms with Crippen LogP contribution in [-0.2, 0) is 0 Å². The van der Waals surface area contributed by atoms with Gasteiger partial charge in [0.1, 0.15) is 0 Å². The van der Waals surface area contributed by atoms with E-state index in [0.29, 0.717) is 5.82 Å². The zero-order valence-electron chi connectivity index (χ0n) is 14.7. The van der Waals surface area contributed by atoms with Gasteiger partial charge < -0.3 is 10.2 Å². The van der Waals surface area contributed by atoms with E-state index in [-0.39, 0.29) is 0 Å².